The summed E-state index contributed by atoms with van der Waals surface area (Å²) in [5.74, 6) is 0. The van der Waals surface area contributed by atoms with Crippen LogP contribution >= 0.6 is 23.2 Å². The molecule has 12 heavy (non-hydrogen) atoms. The van der Waals surface area contributed by atoms with Crippen molar-refractivity contribution in [3.63, 3.8) is 0 Å². The maximum Gasteiger partial charge on any atom is 0.0471 e. The molecule has 0 aromatic heterocycles. The molecule has 0 radical (unpaired) electrons. The van der Waals surface area contributed by atoms with Crippen molar-refractivity contribution in [2.75, 3.05) is 0 Å². The van der Waals surface area contributed by atoms with Crippen molar-refractivity contribution in [2.45, 2.75) is 19.4 Å². The van der Waals surface area contributed by atoms with Crippen LogP contribution in [-0.2, 0) is 5.54 Å². The van der Waals surface area contributed by atoms with Crippen molar-refractivity contribution in [3.8, 4) is 0 Å². The lowest BCUT2D eigenvalue weighted by atomic mass is 9.96. The zero-order valence-corrected chi connectivity index (χ0v) is 8.58. The highest BCUT2D eigenvalue weighted by molar-refractivity contribution is 6.35. The summed E-state index contributed by atoms with van der Waals surface area (Å²) in [5, 5.41) is 1.25. The Labute approximate surface area is 82.5 Å². The van der Waals surface area contributed by atoms with Gasteiger partial charge in [0.2, 0.25) is 0 Å². The number of halogens is 2. The lowest BCUT2D eigenvalue weighted by Gasteiger charge is -2.20. The fraction of sp³-hybridized carbons (Fsp3) is 0.333. The summed E-state index contributed by atoms with van der Waals surface area (Å²) in [5.41, 5.74) is 6.38. The van der Waals surface area contributed by atoms with E-state index in [0.717, 1.165) is 5.56 Å². The first-order valence-corrected chi connectivity index (χ1v) is 4.41. The predicted octanol–water partition coefficient (Wildman–Crippen LogP) is 3.19. The lowest BCUT2D eigenvalue weighted by Crippen LogP contribution is -2.28. The van der Waals surface area contributed by atoms with Crippen LogP contribution < -0.4 is 5.73 Å². The molecule has 2 N–H and O–H groups in total. The molecule has 0 spiro atoms. The minimum absolute atomic E-state index is 0.415. The topological polar surface area (TPSA) is 26.0 Å². The molecule has 1 aromatic rings. The third-order valence-corrected chi connectivity index (χ3v) is 2.17. The molecule has 0 bridgehead atoms. The molecule has 0 atom stereocenters. The van der Waals surface area contributed by atoms with Gasteiger partial charge in [0, 0.05) is 15.6 Å². The Morgan fingerprint density at radius 1 is 1.25 bits per heavy atom. The first-order chi connectivity index (χ1) is 5.41. The fourth-order valence-corrected chi connectivity index (χ4v) is 1.66. The summed E-state index contributed by atoms with van der Waals surface area (Å²) in [7, 11) is 0. The van der Waals surface area contributed by atoms with E-state index < -0.39 is 5.54 Å². The Kier molecular flexibility index (Phi) is 2.67. The van der Waals surface area contributed by atoms with E-state index in [1.807, 2.05) is 19.9 Å². The van der Waals surface area contributed by atoms with E-state index in [-0.39, 0.29) is 0 Å². The Bertz CT molecular complexity index is 289. The van der Waals surface area contributed by atoms with Crippen molar-refractivity contribution in [2.24, 2.45) is 5.73 Å². The SMILES string of the molecule is CC(C)(N)c1ccc(Cl)cc1Cl. The highest BCUT2D eigenvalue weighted by atomic mass is 35.5. The Hall–Kier alpha value is -0.240. The average Bonchev–Trinajstić information content (AvgIpc) is 1.83. The van der Waals surface area contributed by atoms with Crippen LogP contribution in [0.25, 0.3) is 0 Å². The van der Waals surface area contributed by atoms with Gasteiger partial charge in [-0.15, -0.1) is 0 Å². The standard InChI is InChI=1S/C9H11Cl2N/c1-9(2,12)7-4-3-6(10)5-8(7)11/h3-5H,12H2,1-2H3. The number of nitrogens with two attached hydrogens (primary N) is 1. The van der Waals surface area contributed by atoms with Crippen LogP contribution in [0.4, 0.5) is 0 Å². The van der Waals surface area contributed by atoms with Crippen LogP contribution in [0.5, 0.6) is 0 Å². The molecule has 0 aliphatic rings. The Balaban J connectivity index is 3.19. The van der Waals surface area contributed by atoms with Crippen molar-refractivity contribution in [1.82, 2.24) is 0 Å². The maximum atomic E-state index is 5.95. The molecule has 1 aromatic carbocycles. The molecule has 1 rings (SSSR count). The van der Waals surface area contributed by atoms with Gasteiger partial charge in [-0.2, -0.15) is 0 Å². The second-order valence-corrected chi connectivity index (χ2v) is 4.19. The van der Waals surface area contributed by atoms with Crippen LogP contribution in [-0.4, -0.2) is 0 Å². The molecule has 0 fully saturated rings. The summed E-state index contributed by atoms with van der Waals surface area (Å²) in [6, 6.07) is 5.34. The van der Waals surface area contributed by atoms with Gasteiger partial charge in [-0.1, -0.05) is 29.3 Å². The second kappa shape index (κ2) is 3.25. The van der Waals surface area contributed by atoms with Crippen molar-refractivity contribution in [3.05, 3.63) is 33.8 Å². The van der Waals surface area contributed by atoms with Gasteiger partial charge in [0.15, 0.2) is 0 Å². The minimum Gasteiger partial charge on any atom is -0.322 e. The Morgan fingerprint density at radius 2 is 1.83 bits per heavy atom. The van der Waals surface area contributed by atoms with E-state index in [4.69, 9.17) is 28.9 Å². The van der Waals surface area contributed by atoms with Crippen LogP contribution in [0.15, 0.2) is 18.2 Å². The van der Waals surface area contributed by atoms with Crippen LogP contribution in [0.1, 0.15) is 19.4 Å². The average molecular weight is 204 g/mol. The molecule has 0 amide bonds. The Morgan fingerprint density at radius 3 is 2.25 bits per heavy atom. The van der Waals surface area contributed by atoms with Gasteiger partial charge >= 0.3 is 0 Å². The number of benzene rings is 1. The summed E-state index contributed by atoms with van der Waals surface area (Å²) in [6.45, 7) is 3.81. The van der Waals surface area contributed by atoms with Gasteiger partial charge in [0.1, 0.15) is 0 Å². The smallest absolute Gasteiger partial charge is 0.0471 e. The van der Waals surface area contributed by atoms with Crippen LogP contribution in [0.3, 0.4) is 0 Å². The van der Waals surface area contributed by atoms with Gasteiger partial charge in [-0.25, -0.2) is 0 Å². The van der Waals surface area contributed by atoms with E-state index in [2.05, 4.69) is 0 Å². The molecular weight excluding hydrogens is 193 g/mol. The molecule has 0 heterocycles. The van der Waals surface area contributed by atoms with Gasteiger partial charge in [-0.05, 0) is 31.5 Å². The van der Waals surface area contributed by atoms with E-state index >= 15 is 0 Å². The van der Waals surface area contributed by atoms with E-state index in [0.29, 0.717) is 10.0 Å². The lowest BCUT2D eigenvalue weighted by molar-refractivity contribution is 0.555. The monoisotopic (exact) mass is 203 g/mol. The van der Waals surface area contributed by atoms with Crippen molar-refractivity contribution in [1.29, 1.82) is 0 Å². The molecule has 0 aliphatic heterocycles. The first-order valence-electron chi connectivity index (χ1n) is 3.65. The minimum atomic E-state index is -0.415. The molecule has 66 valence electrons. The molecule has 0 saturated heterocycles. The summed E-state index contributed by atoms with van der Waals surface area (Å²) < 4.78 is 0. The van der Waals surface area contributed by atoms with Gasteiger partial charge < -0.3 is 5.73 Å². The number of hydrogen-bond acceptors (Lipinski definition) is 1. The molecule has 3 heteroatoms. The number of rotatable bonds is 1. The van der Waals surface area contributed by atoms with E-state index in [9.17, 15) is 0 Å². The highest BCUT2D eigenvalue weighted by Gasteiger charge is 2.17. The zero-order valence-electron chi connectivity index (χ0n) is 7.07. The van der Waals surface area contributed by atoms with Gasteiger partial charge in [0.05, 0.1) is 0 Å². The predicted molar refractivity (Wildman–Crippen MR) is 53.7 cm³/mol. The van der Waals surface area contributed by atoms with E-state index in [1.165, 1.54) is 0 Å². The van der Waals surface area contributed by atoms with E-state index in [1.54, 1.807) is 12.1 Å². The van der Waals surface area contributed by atoms with Gasteiger partial charge in [0.25, 0.3) is 0 Å². The molecular formula is C9H11Cl2N. The van der Waals surface area contributed by atoms with Crippen LogP contribution in [0.2, 0.25) is 10.0 Å². The largest absolute Gasteiger partial charge is 0.322 e. The molecule has 0 unspecified atom stereocenters. The fourth-order valence-electron chi connectivity index (χ4n) is 1.01. The molecule has 0 saturated carbocycles. The summed E-state index contributed by atoms with van der Waals surface area (Å²) in [6.07, 6.45) is 0. The van der Waals surface area contributed by atoms with Crippen LogP contribution in [0, 0.1) is 0 Å². The summed E-state index contributed by atoms with van der Waals surface area (Å²) in [4.78, 5) is 0. The summed E-state index contributed by atoms with van der Waals surface area (Å²) >= 11 is 11.7. The molecule has 0 aliphatic carbocycles. The highest BCUT2D eigenvalue weighted by Crippen LogP contribution is 2.27. The second-order valence-electron chi connectivity index (χ2n) is 3.35. The number of hydrogen-bond donors (Lipinski definition) is 1. The third kappa shape index (κ3) is 2.13. The molecule has 1 nitrogen and oxygen atoms in total. The maximum absolute atomic E-state index is 5.95. The normalized spacial score (nSPS) is 11.8. The zero-order chi connectivity index (χ0) is 9.35. The van der Waals surface area contributed by atoms with Gasteiger partial charge in [-0.3, -0.25) is 0 Å². The van der Waals surface area contributed by atoms with Crippen molar-refractivity contribution < 1.29 is 0 Å². The first kappa shape index (κ1) is 9.85. The third-order valence-electron chi connectivity index (χ3n) is 1.63. The quantitative estimate of drug-likeness (QED) is 0.746. The van der Waals surface area contributed by atoms with Crippen molar-refractivity contribution >= 4 is 23.2 Å².